The number of morpholine rings is 1. The third-order valence-corrected chi connectivity index (χ3v) is 6.82. The molecule has 41 heavy (non-hydrogen) atoms. The van der Waals surface area contributed by atoms with Gasteiger partial charge < -0.3 is 25.4 Å². The average Bonchev–Trinajstić information content (AvgIpc) is 2.97. The first-order valence-corrected chi connectivity index (χ1v) is 13.0. The van der Waals surface area contributed by atoms with Crippen molar-refractivity contribution in [3.8, 4) is 0 Å². The summed E-state index contributed by atoms with van der Waals surface area (Å²) < 4.78 is 44.8. The molecule has 2 aliphatic rings. The SMILES string of the molecule is O=C(C=CC=C(c1ccc(C(F)(F)F)cc1)c1ccc(N2CCOCC2)nc1)Nc1cccc2c1CC(O)C(=O)N2. The molecule has 0 aliphatic carbocycles. The molecule has 2 aliphatic heterocycles. The van der Waals surface area contributed by atoms with E-state index < -0.39 is 29.7 Å². The van der Waals surface area contributed by atoms with E-state index in [1.807, 2.05) is 12.1 Å². The zero-order valence-corrected chi connectivity index (χ0v) is 21.8. The maximum Gasteiger partial charge on any atom is 0.416 e. The Morgan fingerprint density at radius 2 is 1.80 bits per heavy atom. The second kappa shape index (κ2) is 11.9. The van der Waals surface area contributed by atoms with E-state index in [4.69, 9.17) is 4.74 Å². The fraction of sp³-hybridized carbons (Fsp3) is 0.233. The standard InChI is InChI=1S/C30H27F3N4O4/c31-30(32,33)21-10-7-19(8-11-21)22(20-9-12-27(34-18-20)37-13-15-41-16-14-37)3-1-6-28(39)35-24-4-2-5-25-23(24)17-26(38)29(40)36-25/h1-12,18,26,38H,13-17H2,(H,35,39)(H,36,40). The lowest BCUT2D eigenvalue weighted by atomic mass is 9.97. The van der Waals surface area contributed by atoms with Gasteiger partial charge >= 0.3 is 6.18 Å². The van der Waals surface area contributed by atoms with Gasteiger partial charge in [0.1, 0.15) is 11.9 Å². The Morgan fingerprint density at radius 3 is 2.49 bits per heavy atom. The highest BCUT2D eigenvalue weighted by atomic mass is 19.4. The molecule has 1 unspecified atom stereocenters. The highest BCUT2D eigenvalue weighted by Gasteiger charge is 2.30. The van der Waals surface area contributed by atoms with Crippen LogP contribution < -0.4 is 15.5 Å². The van der Waals surface area contributed by atoms with E-state index in [1.54, 1.807) is 30.5 Å². The number of allylic oxidation sites excluding steroid dienone is 2. The fourth-order valence-corrected chi connectivity index (χ4v) is 4.67. The van der Waals surface area contributed by atoms with Crippen LogP contribution in [0.1, 0.15) is 22.3 Å². The second-order valence-electron chi connectivity index (χ2n) is 9.55. The number of pyridine rings is 1. The number of benzene rings is 2. The lowest BCUT2D eigenvalue weighted by Gasteiger charge is -2.27. The molecule has 3 aromatic rings. The minimum atomic E-state index is -4.46. The van der Waals surface area contributed by atoms with E-state index in [1.165, 1.54) is 24.3 Å². The van der Waals surface area contributed by atoms with Crippen LogP contribution in [0.25, 0.3) is 5.57 Å². The second-order valence-corrected chi connectivity index (χ2v) is 9.55. The fourth-order valence-electron chi connectivity index (χ4n) is 4.67. The Kier molecular flexibility index (Phi) is 8.18. The number of ether oxygens (including phenoxy) is 1. The third kappa shape index (κ3) is 6.64. The number of alkyl halides is 3. The quantitative estimate of drug-likeness (QED) is 0.303. The van der Waals surface area contributed by atoms with Gasteiger partial charge in [-0.05, 0) is 47.5 Å². The van der Waals surface area contributed by atoms with Crippen LogP contribution in [0.15, 0.2) is 79.0 Å². The molecule has 1 aromatic heterocycles. The van der Waals surface area contributed by atoms with E-state index >= 15 is 0 Å². The third-order valence-electron chi connectivity index (χ3n) is 6.82. The Balaban J connectivity index is 1.39. The van der Waals surface area contributed by atoms with Gasteiger partial charge in [-0.2, -0.15) is 13.2 Å². The van der Waals surface area contributed by atoms with Gasteiger partial charge in [-0.15, -0.1) is 0 Å². The van der Waals surface area contributed by atoms with Crippen molar-refractivity contribution in [1.82, 2.24) is 4.98 Å². The molecular formula is C30H27F3N4O4. The number of rotatable bonds is 6. The molecule has 0 bridgehead atoms. The number of aliphatic hydroxyl groups excluding tert-OH is 1. The molecule has 11 heteroatoms. The number of anilines is 3. The maximum atomic E-state index is 13.2. The van der Waals surface area contributed by atoms with Gasteiger partial charge in [0.2, 0.25) is 5.91 Å². The molecule has 3 N–H and O–H groups in total. The Morgan fingerprint density at radius 1 is 1.07 bits per heavy atom. The number of hydrogen-bond donors (Lipinski definition) is 3. The number of aliphatic hydroxyl groups is 1. The molecule has 2 amide bonds. The summed E-state index contributed by atoms with van der Waals surface area (Å²) in [4.78, 5) is 31.1. The van der Waals surface area contributed by atoms with Gasteiger partial charge in [0.15, 0.2) is 0 Å². The normalized spacial score (nSPS) is 17.8. The summed E-state index contributed by atoms with van der Waals surface area (Å²) in [5.74, 6) is -0.200. The zero-order valence-electron chi connectivity index (χ0n) is 21.8. The first kappa shape index (κ1) is 28.1. The number of hydrogen-bond acceptors (Lipinski definition) is 6. The van der Waals surface area contributed by atoms with E-state index in [2.05, 4.69) is 20.5 Å². The number of halogens is 3. The van der Waals surface area contributed by atoms with Gasteiger partial charge in [0, 0.05) is 54.3 Å². The largest absolute Gasteiger partial charge is 0.416 e. The summed E-state index contributed by atoms with van der Waals surface area (Å²) in [7, 11) is 0. The monoisotopic (exact) mass is 564 g/mol. The highest BCUT2D eigenvalue weighted by molar-refractivity contribution is 6.03. The van der Waals surface area contributed by atoms with Crippen LogP contribution in [0.3, 0.4) is 0 Å². The average molecular weight is 565 g/mol. The van der Waals surface area contributed by atoms with Gasteiger partial charge in [-0.25, -0.2) is 4.98 Å². The number of aromatic nitrogens is 1. The van der Waals surface area contributed by atoms with E-state index in [0.29, 0.717) is 59.9 Å². The molecule has 0 saturated carbocycles. The molecule has 1 saturated heterocycles. The number of carbonyl (C=O) groups is 2. The van der Waals surface area contributed by atoms with Crippen molar-refractivity contribution in [2.45, 2.75) is 18.7 Å². The Bertz CT molecular complexity index is 1480. The molecule has 3 heterocycles. The zero-order chi connectivity index (χ0) is 29.0. The minimum Gasteiger partial charge on any atom is -0.383 e. The number of fused-ring (bicyclic) bond motifs is 1. The van der Waals surface area contributed by atoms with Crippen molar-refractivity contribution in [2.75, 3.05) is 41.8 Å². The number of amides is 2. The molecule has 1 fully saturated rings. The summed E-state index contributed by atoms with van der Waals surface area (Å²) in [6.07, 6.45) is 0.467. The summed E-state index contributed by atoms with van der Waals surface area (Å²) >= 11 is 0. The maximum absolute atomic E-state index is 13.2. The lowest BCUT2D eigenvalue weighted by molar-refractivity contribution is -0.137. The van der Waals surface area contributed by atoms with Gasteiger partial charge in [0.05, 0.1) is 18.8 Å². The van der Waals surface area contributed by atoms with Crippen LogP contribution in [0.5, 0.6) is 0 Å². The number of nitrogens with zero attached hydrogens (tertiary/aromatic N) is 2. The molecule has 5 rings (SSSR count). The van der Waals surface area contributed by atoms with Gasteiger partial charge in [0.25, 0.3) is 5.91 Å². The van der Waals surface area contributed by atoms with Gasteiger partial charge in [-0.1, -0.05) is 30.4 Å². The summed E-state index contributed by atoms with van der Waals surface area (Å²) in [5.41, 5.74) is 2.56. The van der Waals surface area contributed by atoms with Crippen molar-refractivity contribution >= 4 is 34.6 Å². The molecule has 2 aromatic carbocycles. The van der Waals surface area contributed by atoms with Crippen molar-refractivity contribution < 1.29 is 32.6 Å². The van der Waals surface area contributed by atoms with Gasteiger partial charge in [-0.3, -0.25) is 9.59 Å². The summed E-state index contributed by atoms with van der Waals surface area (Å²) in [6, 6.07) is 13.5. The highest BCUT2D eigenvalue weighted by Crippen LogP contribution is 2.32. The first-order chi connectivity index (χ1) is 19.7. The van der Waals surface area contributed by atoms with Crippen molar-refractivity contribution in [1.29, 1.82) is 0 Å². The van der Waals surface area contributed by atoms with Crippen LogP contribution in [0.2, 0.25) is 0 Å². The molecule has 0 radical (unpaired) electrons. The molecular weight excluding hydrogens is 537 g/mol. The summed E-state index contributed by atoms with van der Waals surface area (Å²) in [6.45, 7) is 2.63. The van der Waals surface area contributed by atoms with E-state index in [9.17, 15) is 27.9 Å². The van der Waals surface area contributed by atoms with E-state index in [0.717, 1.165) is 18.0 Å². The topological polar surface area (TPSA) is 104 Å². The van der Waals surface area contributed by atoms with Crippen molar-refractivity contribution in [3.63, 3.8) is 0 Å². The van der Waals surface area contributed by atoms with Crippen LogP contribution >= 0.6 is 0 Å². The van der Waals surface area contributed by atoms with Crippen molar-refractivity contribution in [2.24, 2.45) is 0 Å². The van der Waals surface area contributed by atoms with Crippen LogP contribution in [0, 0.1) is 0 Å². The lowest BCUT2D eigenvalue weighted by Crippen LogP contribution is -2.36. The smallest absolute Gasteiger partial charge is 0.383 e. The Hall–Kier alpha value is -4.48. The molecule has 1 atom stereocenters. The first-order valence-electron chi connectivity index (χ1n) is 13.0. The van der Waals surface area contributed by atoms with Crippen LogP contribution in [-0.2, 0) is 26.9 Å². The molecule has 212 valence electrons. The molecule has 8 nitrogen and oxygen atoms in total. The Labute approximate surface area is 234 Å². The minimum absolute atomic E-state index is 0.0623. The van der Waals surface area contributed by atoms with Crippen LogP contribution in [-0.4, -0.2) is 54.3 Å². The predicted molar refractivity (Wildman–Crippen MR) is 148 cm³/mol. The summed E-state index contributed by atoms with van der Waals surface area (Å²) in [5, 5.41) is 15.3. The van der Waals surface area contributed by atoms with Crippen LogP contribution in [0.4, 0.5) is 30.4 Å². The van der Waals surface area contributed by atoms with Crippen molar-refractivity contribution in [3.05, 3.63) is 101 Å². The predicted octanol–water partition coefficient (Wildman–Crippen LogP) is 4.42. The number of carbonyl (C=O) groups excluding carboxylic acids is 2. The number of nitrogens with one attached hydrogen (secondary N) is 2. The molecule has 0 spiro atoms. The van der Waals surface area contributed by atoms with E-state index in [-0.39, 0.29) is 6.42 Å².